The van der Waals surface area contributed by atoms with E-state index in [1.165, 1.54) is 0 Å². The highest BCUT2D eigenvalue weighted by Crippen LogP contribution is 2.42. The van der Waals surface area contributed by atoms with Gasteiger partial charge in [-0.05, 0) is 137 Å². The molecule has 0 fully saturated rings. The zero-order valence-electron chi connectivity index (χ0n) is 38.8. The van der Waals surface area contributed by atoms with Gasteiger partial charge in [0, 0.05) is 66.8 Å². The Balaban J connectivity index is 1.14. The molecule has 72 heavy (non-hydrogen) atoms. The Kier molecular flexibility index (Phi) is 10.4. The zero-order valence-corrected chi connectivity index (χ0v) is 38.8. The molecule has 0 spiro atoms. The van der Waals surface area contributed by atoms with Crippen LogP contribution in [0, 0.1) is 71.0 Å². The Hall–Kier alpha value is -10.4. The first-order valence-corrected chi connectivity index (χ1v) is 23.9. The van der Waals surface area contributed by atoms with Crippen LogP contribution in [0.5, 0.6) is 0 Å². The summed E-state index contributed by atoms with van der Waals surface area (Å²) in [6, 6.07) is 76.5. The van der Waals surface area contributed by atoms with Crippen molar-refractivity contribution in [1.29, 1.82) is 0 Å². The van der Waals surface area contributed by atoms with Gasteiger partial charge in [-0.15, -0.1) is 0 Å². The zero-order chi connectivity index (χ0) is 47.8. The van der Waals surface area contributed by atoms with Crippen molar-refractivity contribution >= 4 is 64.6 Å². The molecule has 0 bridgehead atoms. The highest BCUT2D eigenvalue weighted by molar-refractivity contribution is 6.12. The number of hydrogen-bond acceptors (Lipinski definition) is 0. The van der Waals surface area contributed by atoms with E-state index in [0.717, 1.165) is 131 Å². The molecule has 12 aromatic carbocycles. The molecular formula is C72H36. The van der Waals surface area contributed by atoms with E-state index >= 15 is 0 Å². The first kappa shape index (κ1) is 41.7. The Morgan fingerprint density at radius 3 is 0.472 bits per heavy atom. The second-order valence-corrected chi connectivity index (χ2v) is 17.8. The van der Waals surface area contributed by atoms with Crippen LogP contribution in [0.25, 0.3) is 98.0 Å². The fourth-order valence-corrected chi connectivity index (χ4v) is 10.5. The van der Waals surface area contributed by atoms with E-state index in [4.69, 9.17) is 0 Å². The van der Waals surface area contributed by atoms with Gasteiger partial charge in [0.15, 0.2) is 0 Å². The summed E-state index contributed by atoms with van der Waals surface area (Å²) in [4.78, 5) is 0. The molecule has 1 aliphatic carbocycles. The van der Waals surface area contributed by atoms with Gasteiger partial charge in [0.2, 0.25) is 0 Å². The van der Waals surface area contributed by atoms with Gasteiger partial charge in [-0.2, -0.15) is 0 Å². The van der Waals surface area contributed by atoms with Crippen molar-refractivity contribution in [3.63, 3.8) is 0 Å². The van der Waals surface area contributed by atoms with Crippen LogP contribution in [0.15, 0.2) is 218 Å². The van der Waals surface area contributed by atoms with Crippen LogP contribution in [0.3, 0.4) is 0 Å². The Morgan fingerprint density at radius 1 is 0.153 bits per heavy atom. The lowest BCUT2D eigenvalue weighted by atomic mass is 9.87. The van der Waals surface area contributed by atoms with Gasteiger partial charge < -0.3 is 0 Å². The largest absolute Gasteiger partial charge is 0.0616 e. The van der Waals surface area contributed by atoms with Crippen LogP contribution in [-0.2, 0) is 0 Å². The molecule has 0 saturated carbocycles. The Morgan fingerprint density at radius 2 is 0.306 bits per heavy atom. The first-order chi connectivity index (χ1) is 35.7. The SMILES string of the molecule is C1#Cc2ccc3ccccc3c2-c2c(ccc3ccccc23)C#CC#Cc2ccc3ccccc3c2-c2c(ccc3ccccc23)C#CC#Cc2ccc3ccccc3c2-c2c(ccc3ccccc23)C#C1. The molecule has 0 aliphatic heterocycles. The van der Waals surface area contributed by atoms with Crippen LogP contribution in [0.4, 0.5) is 0 Å². The molecule has 0 heteroatoms. The molecule has 0 heterocycles. The molecule has 0 saturated heterocycles. The van der Waals surface area contributed by atoms with Crippen molar-refractivity contribution in [2.75, 3.05) is 0 Å². The minimum absolute atomic E-state index is 0.862. The van der Waals surface area contributed by atoms with E-state index in [0.29, 0.717) is 0 Å². The molecule has 0 nitrogen and oxygen atoms in total. The maximum Gasteiger partial charge on any atom is 0.0341 e. The van der Waals surface area contributed by atoms with Gasteiger partial charge in [0.05, 0.1) is 0 Å². The number of rotatable bonds is 0. The molecule has 0 unspecified atom stereocenters. The van der Waals surface area contributed by atoms with E-state index in [2.05, 4.69) is 289 Å². The predicted octanol–water partition coefficient (Wildman–Crippen LogP) is 16.1. The van der Waals surface area contributed by atoms with Crippen molar-refractivity contribution in [3.8, 4) is 104 Å². The molecule has 0 N–H and O–H groups in total. The van der Waals surface area contributed by atoms with E-state index in [-0.39, 0.29) is 0 Å². The average Bonchev–Trinajstić information content (AvgIpc) is 3.43. The smallest absolute Gasteiger partial charge is 0.0341 e. The lowest BCUT2D eigenvalue weighted by molar-refractivity contribution is 1.61. The van der Waals surface area contributed by atoms with Crippen LogP contribution in [0.1, 0.15) is 33.4 Å². The van der Waals surface area contributed by atoms with Crippen molar-refractivity contribution < 1.29 is 0 Å². The quantitative estimate of drug-likeness (QED) is 0.133. The summed E-state index contributed by atoms with van der Waals surface area (Å²) >= 11 is 0. The van der Waals surface area contributed by atoms with Gasteiger partial charge in [-0.3, -0.25) is 0 Å². The predicted molar refractivity (Wildman–Crippen MR) is 302 cm³/mol. The third-order valence-electron chi connectivity index (χ3n) is 13.7. The minimum atomic E-state index is 0.862. The van der Waals surface area contributed by atoms with Crippen LogP contribution in [0.2, 0.25) is 0 Å². The number of benzene rings is 12. The molecule has 13 rings (SSSR count). The summed E-state index contributed by atoms with van der Waals surface area (Å²) < 4.78 is 0. The fourth-order valence-electron chi connectivity index (χ4n) is 10.5. The third kappa shape index (κ3) is 7.36. The molecule has 0 atom stereocenters. The molecule has 1 aliphatic rings. The summed E-state index contributed by atoms with van der Waals surface area (Å²) in [6.45, 7) is 0. The van der Waals surface area contributed by atoms with E-state index in [1.807, 2.05) is 0 Å². The summed E-state index contributed by atoms with van der Waals surface area (Å²) in [5.74, 6) is 41.1. The monoisotopic (exact) mass is 900 g/mol. The molecule has 0 amide bonds. The van der Waals surface area contributed by atoms with Crippen molar-refractivity contribution in [2.24, 2.45) is 0 Å². The molecular weight excluding hydrogens is 865 g/mol. The molecule has 324 valence electrons. The summed E-state index contributed by atoms with van der Waals surface area (Å²) in [5, 5.41) is 13.2. The van der Waals surface area contributed by atoms with Crippen LogP contribution < -0.4 is 0 Å². The van der Waals surface area contributed by atoms with Crippen molar-refractivity contribution in [2.45, 2.75) is 0 Å². The summed E-state index contributed by atoms with van der Waals surface area (Å²) in [5.41, 5.74) is 11.2. The van der Waals surface area contributed by atoms with Crippen LogP contribution in [-0.4, -0.2) is 0 Å². The second kappa shape index (κ2) is 17.9. The van der Waals surface area contributed by atoms with E-state index in [1.54, 1.807) is 0 Å². The topological polar surface area (TPSA) is 0 Å². The van der Waals surface area contributed by atoms with Crippen molar-refractivity contribution in [3.05, 3.63) is 252 Å². The highest BCUT2D eigenvalue weighted by Gasteiger charge is 2.19. The van der Waals surface area contributed by atoms with E-state index in [9.17, 15) is 0 Å². The fraction of sp³-hybridized carbons (Fsp3) is 0. The van der Waals surface area contributed by atoms with Crippen LogP contribution >= 0.6 is 0 Å². The van der Waals surface area contributed by atoms with Gasteiger partial charge >= 0.3 is 0 Å². The van der Waals surface area contributed by atoms with E-state index < -0.39 is 0 Å². The number of fused-ring (bicyclic) bond motifs is 21. The summed E-state index contributed by atoms with van der Waals surface area (Å²) in [6.07, 6.45) is 0. The molecule has 0 aromatic heterocycles. The molecule has 0 radical (unpaired) electrons. The highest BCUT2D eigenvalue weighted by atomic mass is 14.2. The number of hydrogen-bond donors (Lipinski definition) is 0. The lowest BCUT2D eigenvalue weighted by Gasteiger charge is -2.15. The Labute approximate surface area is 418 Å². The average molecular weight is 901 g/mol. The first-order valence-electron chi connectivity index (χ1n) is 23.9. The van der Waals surface area contributed by atoms with Crippen molar-refractivity contribution in [1.82, 2.24) is 0 Å². The second-order valence-electron chi connectivity index (χ2n) is 17.8. The summed E-state index contributed by atoms with van der Waals surface area (Å²) in [7, 11) is 0. The third-order valence-corrected chi connectivity index (χ3v) is 13.7. The van der Waals surface area contributed by atoms with Gasteiger partial charge in [-0.25, -0.2) is 0 Å². The lowest BCUT2D eigenvalue weighted by Crippen LogP contribution is -1.94. The van der Waals surface area contributed by atoms with Gasteiger partial charge in [0.1, 0.15) is 0 Å². The molecule has 12 aromatic rings. The maximum atomic E-state index is 3.54. The minimum Gasteiger partial charge on any atom is -0.0616 e. The normalized spacial score (nSPS) is 11.3. The standard InChI is InChI=1S/C72H36/c1-2-26-56-44-38-50-20-8-14-32-62(50)68(56)70-58(46-40-52-22-10-16-34-64(52)70)28-5-6-30-60-48-42-54-24-12-18-36-66(54)72(60)71-59(47-41-53-23-11-17-35-65(53)71)29-4-3-27-57-45-39-51-21-9-15-33-63(51)69(57)67-55(25-1)43-37-49-19-7-13-31-61(49)67/h7-24,31-48H. The Bertz CT molecular complexity index is 3930. The maximum absolute atomic E-state index is 3.54. The van der Waals surface area contributed by atoms with Gasteiger partial charge in [-0.1, -0.05) is 218 Å². The van der Waals surface area contributed by atoms with Gasteiger partial charge in [0.25, 0.3) is 0 Å².